The number of aryl methyl sites for hydroxylation is 3. The van der Waals surface area contributed by atoms with Crippen LogP contribution >= 0.6 is 0 Å². The topological polar surface area (TPSA) is 49.4 Å². The molecule has 1 aliphatic rings. The van der Waals surface area contributed by atoms with Crippen molar-refractivity contribution in [3.63, 3.8) is 0 Å². The first-order chi connectivity index (χ1) is 10.9. The molecule has 23 heavy (non-hydrogen) atoms. The molecule has 0 bridgehead atoms. The van der Waals surface area contributed by atoms with E-state index in [2.05, 4.69) is 17.5 Å². The molecule has 0 radical (unpaired) electrons. The van der Waals surface area contributed by atoms with E-state index in [4.69, 9.17) is 0 Å². The standard InChI is InChI=1S/C19H26N2O2/c1-13-9-14(2)19(15(3)10-13)20-17(22)12-21(4)18(23)11-16-7-5-6-8-16/h5,7,9-10,16H,6,8,11-12H2,1-4H3,(H,20,22)/t16-/m0/s1. The normalized spacial score (nSPS) is 16.4. The summed E-state index contributed by atoms with van der Waals surface area (Å²) in [5, 5.41) is 2.94. The molecule has 1 N–H and O–H groups in total. The van der Waals surface area contributed by atoms with E-state index >= 15 is 0 Å². The van der Waals surface area contributed by atoms with Crippen molar-refractivity contribution >= 4 is 17.5 Å². The monoisotopic (exact) mass is 314 g/mol. The van der Waals surface area contributed by atoms with E-state index in [9.17, 15) is 9.59 Å². The first kappa shape index (κ1) is 17.3. The summed E-state index contributed by atoms with van der Waals surface area (Å²) < 4.78 is 0. The summed E-state index contributed by atoms with van der Waals surface area (Å²) in [4.78, 5) is 25.9. The van der Waals surface area contributed by atoms with Crippen molar-refractivity contribution in [1.82, 2.24) is 4.90 Å². The molecule has 0 saturated carbocycles. The molecule has 2 amide bonds. The van der Waals surface area contributed by atoms with Gasteiger partial charge in [-0.05, 0) is 50.7 Å². The SMILES string of the molecule is Cc1cc(C)c(NC(=O)CN(C)C(=O)C[C@H]2C=CCC2)c(C)c1. The zero-order valence-electron chi connectivity index (χ0n) is 14.5. The third-order valence-electron chi connectivity index (χ3n) is 4.30. The number of hydrogen-bond donors (Lipinski definition) is 1. The van der Waals surface area contributed by atoms with Crippen LogP contribution in [0.4, 0.5) is 5.69 Å². The molecule has 0 aliphatic heterocycles. The van der Waals surface area contributed by atoms with Crippen molar-refractivity contribution in [2.75, 3.05) is 18.9 Å². The molecule has 1 aromatic carbocycles. The lowest BCUT2D eigenvalue weighted by Gasteiger charge is -2.19. The Kier molecular flexibility index (Phi) is 5.59. The Morgan fingerprint density at radius 3 is 2.43 bits per heavy atom. The zero-order chi connectivity index (χ0) is 17.0. The van der Waals surface area contributed by atoms with Crippen LogP contribution in [0.2, 0.25) is 0 Å². The maximum Gasteiger partial charge on any atom is 0.243 e. The quantitative estimate of drug-likeness (QED) is 0.847. The Morgan fingerprint density at radius 1 is 1.22 bits per heavy atom. The molecule has 0 unspecified atom stereocenters. The first-order valence-electron chi connectivity index (χ1n) is 8.15. The fourth-order valence-corrected chi connectivity index (χ4v) is 3.11. The highest BCUT2D eigenvalue weighted by Crippen LogP contribution is 2.22. The molecule has 1 aromatic rings. The van der Waals surface area contributed by atoms with Crippen LogP contribution in [0.3, 0.4) is 0 Å². The summed E-state index contributed by atoms with van der Waals surface area (Å²) >= 11 is 0. The minimum absolute atomic E-state index is 0.0223. The zero-order valence-corrected chi connectivity index (χ0v) is 14.5. The second-order valence-electron chi connectivity index (χ2n) is 6.54. The van der Waals surface area contributed by atoms with Crippen LogP contribution < -0.4 is 5.32 Å². The van der Waals surface area contributed by atoms with Gasteiger partial charge in [-0.2, -0.15) is 0 Å². The van der Waals surface area contributed by atoms with Crippen molar-refractivity contribution in [2.24, 2.45) is 5.92 Å². The van der Waals surface area contributed by atoms with E-state index in [0.717, 1.165) is 29.7 Å². The first-order valence-corrected chi connectivity index (χ1v) is 8.15. The molecule has 0 spiro atoms. The van der Waals surface area contributed by atoms with Crippen LogP contribution in [0.15, 0.2) is 24.3 Å². The number of nitrogens with zero attached hydrogens (tertiary/aromatic N) is 1. The van der Waals surface area contributed by atoms with Gasteiger partial charge in [-0.3, -0.25) is 9.59 Å². The summed E-state index contributed by atoms with van der Waals surface area (Å²) in [5.74, 6) is 0.196. The molecule has 124 valence electrons. The Balaban J connectivity index is 1.91. The summed E-state index contributed by atoms with van der Waals surface area (Å²) in [6, 6.07) is 4.09. The van der Waals surface area contributed by atoms with E-state index in [1.165, 1.54) is 10.5 Å². The highest BCUT2D eigenvalue weighted by molar-refractivity contribution is 5.95. The second-order valence-corrected chi connectivity index (χ2v) is 6.54. The minimum Gasteiger partial charge on any atom is -0.336 e. The van der Waals surface area contributed by atoms with Gasteiger partial charge < -0.3 is 10.2 Å². The Morgan fingerprint density at radius 2 is 1.87 bits per heavy atom. The molecule has 4 heteroatoms. The van der Waals surface area contributed by atoms with E-state index in [-0.39, 0.29) is 18.4 Å². The molecule has 1 atom stereocenters. The number of anilines is 1. The fourth-order valence-electron chi connectivity index (χ4n) is 3.11. The Hall–Kier alpha value is -2.10. The highest BCUT2D eigenvalue weighted by Gasteiger charge is 2.19. The van der Waals surface area contributed by atoms with Crippen LogP contribution in [0.5, 0.6) is 0 Å². The summed E-state index contributed by atoms with van der Waals surface area (Å²) in [5.41, 5.74) is 4.11. The predicted octanol–water partition coefficient (Wildman–Crippen LogP) is 3.37. The van der Waals surface area contributed by atoms with Gasteiger partial charge in [0, 0.05) is 19.2 Å². The molecular weight excluding hydrogens is 288 g/mol. The minimum atomic E-state index is -0.155. The lowest BCUT2D eigenvalue weighted by molar-refractivity contribution is -0.133. The van der Waals surface area contributed by atoms with Crippen LogP contribution in [0.25, 0.3) is 0 Å². The third kappa shape index (κ3) is 4.68. The van der Waals surface area contributed by atoms with E-state index in [0.29, 0.717) is 12.3 Å². The Labute approximate surface area is 138 Å². The summed E-state index contributed by atoms with van der Waals surface area (Å²) in [6.07, 6.45) is 6.79. The predicted molar refractivity (Wildman–Crippen MR) is 93.4 cm³/mol. The van der Waals surface area contributed by atoms with E-state index in [1.54, 1.807) is 7.05 Å². The number of carbonyl (C=O) groups is 2. The average molecular weight is 314 g/mol. The second kappa shape index (κ2) is 7.44. The van der Waals surface area contributed by atoms with Gasteiger partial charge in [0.2, 0.25) is 11.8 Å². The van der Waals surface area contributed by atoms with E-state index < -0.39 is 0 Å². The van der Waals surface area contributed by atoms with Gasteiger partial charge >= 0.3 is 0 Å². The molecule has 4 nitrogen and oxygen atoms in total. The van der Waals surface area contributed by atoms with E-state index in [1.807, 2.05) is 32.9 Å². The molecule has 2 rings (SSSR count). The Bertz CT molecular complexity index is 611. The lowest BCUT2D eigenvalue weighted by atomic mass is 10.0. The van der Waals surface area contributed by atoms with Gasteiger partial charge in [-0.1, -0.05) is 29.8 Å². The largest absolute Gasteiger partial charge is 0.336 e. The number of hydrogen-bond acceptors (Lipinski definition) is 2. The van der Waals surface area contributed by atoms with Crippen molar-refractivity contribution in [2.45, 2.75) is 40.0 Å². The van der Waals surface area contributed by atoms with Crippen LogP contribution in [-0.4, -0.2) is 30.3 Å². The number of rotatable bonds is 5. The molecule has 0 fully saturated rings. The lowest BCUT2D eigenvalue weighted by Crippen LogP contribution is -2.35. The van der Waals surface area contributed by atoms with Gasteiger partial charge in [0.1, 0.15) is 0 Å². The van der Waals surface area contributed by atoms with Crippen LogP contribution in [0.1, 0.15) is 36.0 Å². The van der Waals surface area contributed by atoms with Crippen LogP contribution in [-0.2, 0) is 9.59 Å². The molecule has 0 saturated heterocycles. The number of amides is 2. The summed E-state index contributed by atoms with van der Waals surface area (Å²) in [6.45, 7) is 6.09. The van der Waals surface area contributed by atoms with Gasteiger partial charge in [0.05, 0.1) is 6.54 Å². The third-order valence-corrected chi connectivity index (χ3v) is 4.30. The summed E-state index contributed by atoms with van der Waals surface area (Å²) in [7, 11) is 1.69. The fraction of sp³-hybridized carbons (Fsp3) is 0.474. The molecule has 1 aliphatic carbocycles. The number of carbonyl (C=O) groups excluding carboxylic acids is 2. The molecule has 0 heterocycles. The van der Waals surface area contributed by atoms with Crippen molar-refractivity contribution in [3.8, 4) is 0 Å². The maximum absolute atomic E-state index is 12.2. The maximum atomic E-state index is 12.2. The van der Waals surface area contributed by atoms with Crippen LogP contribution in [0, 0.1) is 26.7 Å². The average Bonchev–Trinajstić information content (AvgIpc) is 2.95. The van der Waals surface area contributed by atoms with Gasteiger partial charge in [-0.15, -0.1) is 0 Å². The van der Waals surface area contributed by atoms with Crippen molar-refractivity contribution in [3.05, 3.63) is 41.0 Å². The van der Waals surface area contributed by atoms with Gasteiger partial charge in [-0.25, -0.2) is 0 Å². The number of allylic oxidation sites excluding steroid dienone is 2. The van der Waals surface area contributed by atoms with Gasteiger partial charge in [0.25, 0.3) is 0 Å². The number of benzene rings is 1. The van der Waals surface area contributed by atoms with Gasteiger partial charge in [0.15, 0.2) is 0 Å². The molecular formula is C19H26N2O2. The van der Waals surface area contributed by atoms with Crippen molar-refractivity contribution < 1.29 is 9.59 Å². The number of nitrogens with one attached hydrogen (secondary N) is 1. The van der Waals surface area contributed by atoms with Crippen molar-refractivity contribution in [1.29, 1.82) is 0 Å². The number of likely N-dealkylation sites (N-methyl/N-ethyl adjacent to an activating group) is 1. The molecule has 0 aromatic heterocycles. The highest BCUT2D eigenvalue weighted by atomic mass is 16.2. The smallest absolute Gasteiger partial charge is 0.243 e.